The van der Waals surface area contributed by atoms with Crippen LogP contribution in [-0.2, 0) is 41.6 Å². The maximum Gasteiger partial charge on any atom is 0.311 e. The highest BCUT2D eigenvalue weighted by atomic mass is 16.5. The summed E-state index contributed by atoms with van der Waals surface area (Å²) < 4.78 is 10.3. The van der Waals surface area contributed by atoms with Crippen LogP contribution in [-0.4, -0.2) is 70.8 Å². The number of carboxylic acids is 1. The lowest BCUT2D eigenvalue weighted by molar-refractivity contribution is -0.150. The molecule has 0 aromatic heterocycles. The minimum atomic E-state index is -1.02. The van der Waals surface area contributed by atoms with E-state index in [1.54, 1.807) is 57.2 Å². The fourth-order valence-electron chi connectivity index (χ4n) is 4.57. The number of carboxylic acid groups (broad SMARTS) is 1. The average Bonchev–Trinajstić information content (AvgIpc) is 2.99. The molecule has 0 saturated heterocycles. The fourth-order valence-corrected chi connectivity index (χ4v) is 4.57. The van der Waals surface area contributed by atoms with Crippen LogP contribution in [0.3, 0.4) is 0 Å². The number of carbonyl (C=O) groups excluding carboxylic acids is 4. The van der Waals surface area contributed by atoms with Crippen molar-refractivity contribution >= 4 is 29.7 Å². The Bertz CT molecular complexity index is 1280. The van der Waals surface area contributed by atoms with Crippen LogP contribution in [0.15, 0.2) is 48.5 Å². The molecule has 246 valence electrons. The van der Waals surface area contributed by atoms with E-state index in [1.165, 1.54) is 12.1 Å². The van der Waals surface area contributed by atoms with E-state index >= 15 is 0 Å². The zero-order chi connectivity index (χ0) is 33.4. The van der Waals surface area contributed by atoms with Crippen LogP contribution in [0.4, 0.5) is 0 Å². The van der Waals surface area contributed by atoms with Gasteiger partial charge >= 0.3 is 17.9 Å². The number of rotatable bonds is 19. The van der Waals surface area contributed by atoms with Crippen LogP contribution in [0.5, 0.6) is 11.5 Å². The van der Waals surface area contributed by atoms with Gasteiger partial charge in [0.2, 0.25) is 11.8 Å². The number of unbranched alkanes of at least 4 members (excludes halogenated alkanes) is 1. The third-order valence-corrected chi connectivity index (χ3v) is 7.06. The monoisotopic (exact) mass is 628 g/mol. The van der Waals surface area contributed by atoms with Crippen LogP contribution in [0.2, 0.25) is 0 Å². The lowest BCUT2D eigenvalue weighted by Gasteiger charge is -2.29. The first-order valence-electron chi connectivity index (χ1n) is 15.0. The predicted octanol–water partition coefficient (Wildman–Crippen LogP) is 2.92. The highest BCUT2D eigenvalue weighted by Gasteiger charge is 2.35. The summed E-state index contributed by atoms with van der Waals surface area (Å²) in [6.07, 6.45) is 1.74. The van der Waals surface area contributed by atoms with Crippen molar-refractivity contribution in [3.05, 3.63) is 59.7 Å². The van der Waals surface area contributed by atoms with Gasteiger partial charge in [-0.15, -0.1) is 0 Å². The van der Waals surface area contributed by atoms with E-state index in [-0.39, 0.29) is 51.2 Å². The van der Waals surface area contributed by atoms with E-state index in [0.717, 1.165) is 11.1 Å². The van der Waals surface area contributed by atoms with E-state index in [2.05, 4.69) is 10.6 Å². The van der Waals surface area contributed by atoms with Crippen LogP contribution in [0.1, 0.15) is 64.0 Å². The van der Waals surface area contributed by atoms with Gasteiger partial charge in [-0.05, 0) is 61.1 Å². The summed E-state index contributed by atoms with van der Waals surface area (Å²) in [6, 6.07) is 12.2. The number of esters is 2. The number of ether oxygens (including phenoxy) is 2. The second-order valence-corrected chi connectivity index (χ2v) is 11.5. The van der Waals surface area contributed by atoms with Crippen molar-refractivity contribution in [2.75, 3.05) is 19.8 Å². The van der Waals surface area contributed by atoms with Crippen LogP contribution in [0.25, 0.3) is 0 Å². The third-order valence-electron chi connectivity index (χ3n) is 7.06. The number of benzene rings is 2. The summed E-state index contributed by atoms with van der Waals surface area (Å²) in [7, 11) is 0. The van der Waals surface area contributed by atoms with Gasteiger partial charge in [-0.2, -0.15) is 0 Å². The number of amides is 2. The van der Waals surface area contributed by atoms with E-state index < -0.39 is 47.1 Å². The van der Waals surface area contributed by atoms with Gasteiger partial charge in [-0.3, -0.25) is 24.0 Å². The number of carbonyl (C=O) groups is 5. The average molecular weight is 629 g/mol. The van der Waals surface area contributed by atoms with Gasteiger partial charge in [0.15, 0.2) is 0 Å². The summed E-state index contributed by atoms with van der Waals surface area (Å²) in [5.74, 6) is -2.88. The zero-order valence-electron chi connectivity index (χ0n) is 26.0. The second-order valence-electron chi connectivity index (χ2n) is 11.5. The molecule has 1 unspecified atom stereocenters. The minimum absolute atomic E-state index is 0.00441. The molecule has 5 N–H and O–H groups in total. The Morgan fingerprint density at radius 3 is 2.16 bits per heavy atom. The molecule has 2 aromatic rings. The topological polar surface area (TPSA) is 189 Å². The Morgan fingerprint density at radius 1 is 0.911 bits per heavy atom. The number of phenols is 1. The molecular weight excluding hydrogens is 584 g/mol. The maximum atomic E-state index is 13.3. The molecular formula is C33H44N2O10. The van der Waals surface area contributed by atoms with Gasteiger partial charge < -0.3 is 35.4 Å². The lowest BCUT2D eigenvalue weighted by atomic mass is 9.82. The molecule has 12 heteroatoms. The van der Waals surface area contributed by atoms with Gasteiger partial charge in [0.05, 0.1) is 12.5 Å². The molecule has 45 heavy (non-hydrogen) atoms. The molecule has 0 aliphatic heterocycles. The van der Waals surface area contributed by atoms with Crippen LogP contribution < -0.4 is 15.4 Å². The van der Waals surface area contributed by atoms with E-state index in [1.807, 2.05) is 0 Å². The number of phenolic OH excluding ortho intramolecular Hbond substituents is 1. The molecule has 12 nitrogen and oxygen atoms in total. The van der Waals surface area contributed by atoms with Gasteiger partial charge in [0.25, 0.3) is 0 Å². The molecule has 0 fully saturated rings. The van der Waals surface area contributed by atoms with Gasteiger partial charge in [-0.1, -0.05) is 45.0 Å². The highest BCUT2D eigenvalue weighted by molar-refractivity contribution is 5.90. The quantitative estimate of drug-likeness (QED) is 0.0879. The zero-order valence-corrected chi connectivity index (χ0v) is 26.0. The Balaban J connectivity index is 1.97. The summed E-state index contributed by atoms with van der Waals surface area (Å²) in [6.45, 7) is 4.83. The molecule has 0 heterocycles. The van der Waals surface area contributed by atoms with Crippen molar-refractivity contribution in [2.24, 2.45) is 11.3 Å². The molecule has 2 amide bonds. The van der Waals surface area contributed by atoms with Gasteiger partial charge in [-0.25, -0.2) is 0 Å². The van der Waals surface area contributed by atoms with Crippen molar-refractivity contribution < 1.29 is 48.8 Å². The maximum absolute atomic E-state index is 13.3. The Kier molecular flexibility index (Phi) is 15.0. The van der Waals surface area contributed by atoms with Crippen molar-refractivity contribution in [3.63, 3.8) is 0 Å². The lowest BCUT2D eigenvalue weighted by Crippen LogP contribution is -2.52. The number of nitrogens with one attached hydrogen (secondary N) is 2. The number of hydrogen-bond donors (Lipinski definition) is 5. The van der Waals surface area contributed by atoms with Crippen molar-refractivity contribution in [1.82, 2.24) is 10.6 Å². The van der Waals surface area contributed by atoms with Crippen LogP contribution >= 0.6 is 0 Å². The number of aliphatic carboxylic acids is 1. The molecule has 2 rings (SSSR count). The van der Waals surface area contributed by atoms with E-state index in [9.17, 15) is 29.1 Å². The summed E-state index contributed by atoms with van der Waals surface area (Å²) in [5, 5.41) is 32.9. The van der Waals surface area contributed by atoms with Crippen molar-refractivity contribution in [3.8, 4) is 11.5 Å². The molecule has 0 radical (unpaired) electrons. The second kappa shape index (κ2) is 18.4. The van der Waals surface area contributed by atoms with Crippen LogP contribution in [0, 0.1) is 11.3 Å². The third kappa shape index (κ3) is 13.8. The summed E-state index contributed by atoms with van der Waals surface area (Å²) >= 11 is 0. The molecule has 0 aliphatic rings. The number of aliphatic hydroxyl groups excluding tert-OH is 1. The van der Waals surface area contributed by atoms with Crippen molar-refractivity contribution in [1.29, 1.82) is 0 Å². The standard InChI is InChI=1S/C33H44N2O10/c1-22(31(42)44-19-18-36)21-33(2,3)32(43)35-27(20-24-8-12-25(37)13-9-24)30(41)34-17-16-23-10-14-26(15-11-23)45-29(40)7-5-4-6-28(38)39/h8-15,22,27,36-37H,4-7,16-21H2,1-3H3,(H,34,41)(H,35,43)(H,38,39)/t22?,27-/m0/s1. The molecule has 0 aliphatic carbocycles. The Morgan fingerprint density at radius 2 is 1.53 bits per heavy atom. The normalized spacial score (nSPS) is 12.4. The summed E-state index contributed by atoms with van der Waals surface area (Å²) in [5.41, 5.74) is 0.576. The first-order valence-corrected chi connectivity index (χ1v) is 15.0. The molecule has 2 atom stereocenters. The molecule has 0 spiro atoms. The van der Waals surface area contributed by atoms with Gasteiger partial charge in [0.1, 0.15) is 24.1 Å². The Hall–Kier alpha value is -4.45. The van der Waals surface area contributed by atoms with Crippen molar-refractivity contribution in [2.45, 2.75) is 71.8 Å². The van der Waals surface area contributed by atoms with E-state index in [4.69, 9.17) is 19.7 Å². The fraction of sp³-hybridized carbons (Fsp3) is 0.485. The smallest absolute Gasteiger partial charge is 0.311 e. The predicted molar refractivity (Wildman–Crippen MR) is 164 cm³/mol. The number of aromatic hydroxyl groups is 1. The molecule has 0 saturated carbocycles. The SMILES string of the molecule is CC(CC(C)(C)C(=O)N[C@@H](Cc1ccc(O)cc1)C(=O)NCCc1ccc(OC(=O)CCCCC(=O)O)cc1)C(=O)OCCO. The summed E-state index contributed by atoms with van der Waals surface area (Å²) in [4.78, 5) is 61.3. The minimum Gasteiger partial charge on any atom is -0.508 e. The first-order chi connectivity index (χ1) is 21.3. The molecule has 2 aromatic carbocycles. The highest BCUT2D eigenvalue weighted by Crippen LogP contribution is 2.27. The largest absolute Gasteiger partial charge is 0.508 e. The first kappa shape index (κ1) is 36.7. The number of aliphatic hydroxyl groups is 1. The Labute approximate surface area is 263 Å². The van der Waals surface area contributed by atoms with Gasteiger partial charge in [0, 0.05) is 31.2 Å². The number of hydrogen-bond acceptors (Lipinski definition) is 9. The molecule has 0 bridgehead atoms. The van der Waals surface area contributed by atoms with E-state index in [0.29, 0.717) is 25.0 Å².